The number of hydrogen-bond donors (Lipinski definition) is 3. The molecule has 0 bridgehead atoms. The number of ether oxygens (including phenoxy) is 4. The van der Waals surface area contributed by atoms with Crippen LogP contribution in [0.2, 0.25) is 0 Å². The Hall–Kier alpha value is -1.94. The van der Waals surface area contributed by atoms with E-state index in [-0.39, 0.29) is 25.7 Å². The number of aliphatic hydroxyl groups is 1. The van der Waals surface area contributed by atoms with Crippen molar-refractivity contribution >= 4 is 39.5 Å². The van der Waals surface area contributed by atoms with Crippen molar-refractivity contribution in [3.63, 3.8) is 0 Å². The fraction of sp³-hybridized carbons (Fsp3) is 0.942. The monoisotopic (exact) mass is 1300 g/mol. The molecule has 0 saturated carbocycles. The Kier molecular flexibility index (Phi) is 59.9. The average molecular weight is 1300 g/mol. The largest absolute Gasteiger partial charge is 0.472 e. The molecule has 0 aromatic rings. The first kappa shape index (κ1) is 86.1. The zero-order chi connectivity index (χ0) is 65.0. The zero-order valence-electron chi connectivity index (χ0n) is 57.0. The van der Waals surface area contributed by atoms with Gasteiger partial charge in [0.1, 0.15) is 19.3 Å². The summed E-state index contributed by atoms with van der Waals surface area (Å²) in [5, 5.41) is 10.6. The highest BCUT2D eigenvalue weighted by Gasteiger charge is 2.30. The number of aliphatic hydroxyl groups excluding tert-OH is 1. The molecule has 0 spiro atoms. The van der Waals surface area contributed by atoms with Gasteiger partial charge in [0.05, 0.1) is 26.4 Å². The summed E-state index contributed by atoms with van der Waals surface area (Å²) >= 11 is 0. The van der Waals surface area contributed by atoms with Gasteiger partial charge in [-0.05, 0) is 37.5 Å². The minimum atomic E-state index is -4.95. The second kappa shape index (κ2) is 61.3. The van der Waals surface area contributed by atoms with Gasteiger partial charge < -0.3 is 33.8 Å². The summed E-state index contributed by atoms with van der Waals surface area (Å²) in [6.45, 7) is 9.47. The van der Waals surface area contributed by atoms with E-state index in [9.17, 15) is 43.2 Å². The Morgan fingerprint density at radius 1 is 0.307 bits per heavy atom. The van der Waals surface area contributed by atoms with Gasteiger partial charge in [-0.1, -0.05) is 298 Å². The van der Waals surface area contributed by atoms with Crippen molar-refractivity contribution in [3.8, 4) is 0 Å². The number of phosphoric ester groups is 2. The highest BCUT2D eigenvalue weighted by atomic mass is 31.2. The van der Waals surface area contributed by atoms with E-state index >= 15 is 0 Å². The van der Waals surface area contributed by atoms with Crippen LogP contribution in [0.1, 0.15) is 350 Å². The average Bonchev–Trinajstić information content (AvgIpc) is 3.68. The quantitative estimate of drug-likeness (QED) is 0.0222. The maximum Gasteiger partial charge on any atom is 0.472 e. The lowest BCUT2D eigenvalue weighted by atomic mass is 10.0. The van der Waals surface area contributed by atoms with Gasteiger partial charge in [-0.2, -0.15) is 0 Å². The molecule has 0 aliphatic carbocycles. The predicted molar refractivity (Wildman–Crippen MR) is 354 cm³/mol. The van der Waals surface area contributed by atoms with Crippen LogP contribution in [-0.4, -0.2) is 96.7 Å². The summed E-state index contributed by atoms with van der Waals surface area (Å²) in [6.07, 6.45) is 45.9. The maximum absolute atomic E-state index is 13.0. The molecule has 0 aliphatic rings. The van der Waals surface area contributed by atoms with E-state index in [2.05, 4.69) is 41.5 Å². The van der Waals surface area contributed by atoms with E-state index in [0.717, 1.165) is 108 Å². The van der Waals surface area contributed by atoms with Crippen LogP contribution in [0.25, 0.3) is 0 Å². The molecule has 0 aromatic heterocycles. The van der Waals surface area contributed by atoms with Crippen LogP contribution < -0.4 is 0 Å². The first-order chi connectivity index (χ1) is 42.4. The SMILES string of the molecule is CCCCCCCCCCCCCCCCCCC(=O)O[C@H](COC(=O)CCCCCCCCCCCCC(C)C)COP(=O)(O)OC[C@@H](O)COP(=O)(O)OC[C@@H](COC(=O)CCCCCCCCCC)OC(=O)CCCCCCCCCCC(C)C. The summed E-state index contributed by atoms with van der Waals surface area (Å²) in [6, 6.07) is 0. The summed E-state index contributed by atoms with van der Waals surface area (Å²) in [4.78, 5) is 72.4. The molecule has 0 radical (unpaired) electrons. The van der Waals surface area contributed by atoms with Crippen LogP contribution in [0.5, 0.6) is 0 Å². The van der Waals surface area contributed by atoms with E-state index in [1.807, 2.05) is 0 Å². The number of carbonyl (C=O) groups is 4. The molecule has 0 saturated heterocycles. The van der Waals surface area contributed by atoms with Crippen LogP contribution in [-0.2, 0) is 65.4 Å². The maximum atomic E-state index is 13.0. The topological polar surface area (TPSA) is 237 Å². The van der Waals surface area contributed by atoms with Crippen molar-refractivity contribution < 1.29 is 80.2 Å². The first-order valence-corrected chi connectivity index (χ1v) is 39.0. The van der Waals surface area contributed by atoms with E-state index in [4.69, 9.17) is 37.0 Å². The van der Waals surface area contributed by atoms with Gasteiger partial charge in [-0.25, -0.2) is 9.13 Å². The van der Waals surface area contributed by atoms with Gasteiger partial charge in [0.15, 0.2) is 12.2 Å². The second-order valence-corrected chi connectivity index (χ2v) is 28.8. The van der Waals surface area contributed by atoms with Crippen LogP contribution in [0.3, 0.4) is 0 Å². The van der Waals surface area contributed by atoms with E-state index in [1.165, 1.54) is 161 Å². The molecule has 0 aromatic carbocycles. The molecule has 0 heterocycles. The van der Waals surface area contributed by atoms with E-state index < -0.39 is 97.5 Å². The Morgan fingerprint density at radius 3 is 0.773 bits per heavy atom. The number of phosphoric acid groups is 2. The third-order valence-electron chi connectivity index (χ3n) is 16.0. The zero-order valence-corrected chi connectivity index (χ0v) is 58.8. The van der Waals surface area contributed by atoms with Crippen molar-refractivity contribution in [2.24, 2.45) is 11.8 Å². The van der Waals surface area contributed by atoms with Gasteiger partial charge in [0, 0.05) is 25.7 Å². The molecule has 3 N–H and O–H groups in total. The van der Waals surface area contributed by atoms with Gasteiger partial charge in [0.2, 0.25) is 0 Å². The number of rotatable bonds is 68. The van der Waals surface area contributed by atoms with Gasteiger partial charge in [-0.15, -0.1) is 0 Å². The number of unbranched alkanes of at least 4 members (excludes halogenated alkanes) is 38. The fourth-order valence-corrected chi connectivity index (χ4v) is 12.0. The summed E-state index contributed by atoms with van der Waals surface area (Å²) in [5.74, 6) is -0.652. The summed E-state index contributed by atoms with van der Waals surface area (Å²) in [7, 11) is -9.89. The molecule has 0 fully saturated rings. The minimum absolute atomic E-state index is 0.104. The highest BCUT2D eigenvalue weighted by Crippen LogP contribution is 2.45. The first-order valence-electron chi connectivity index (χ1n) is 36.0. The second-order valence-electron chi connectivity index (χ2n) is 25.9. The Balaban J connectivity index is 5.22. The highest BCUT2D eigenvalue weighted by molar-refractivity contribution is 7.47. The molecule has 17 nitrogen and oxygen atoms in total. The molecule has 522 valence electrons. The summed E-state index contributed by atoms with van der Waals surface area (Å²) < 4.78 is 68.2. The van der Waals surface area contributed by atoms with Gasteiger partial charge in [0.25, 0.3) is 0 Å². The number of carbonyl (C=O) groups excluding carboxylic acids is 4. The van der Waals surface area contributed by atoms with Gasteiger partial charge >= 0.3 is 39.5 Å². The van der Waals surface area contributed by atoms with Crippen LogP contribution in [0.15, 0.2) is 0 Å². The molecule has 0 aliphatic heterocycles. The van der Waals surface area contributed by atoms with Crippen molar-refractivity contribution in [2.75, 3.05) is 39.6 Å². The minimum Gasteiger partial charge on any atom is -0.462 e. The van der Waals surface area contributed by atoms with Crippen LogP contribution >= 0.6 is 15.6 Å². The molecule has 0 rings (SSSR count). The van der Waals surface area contributed by atoms with Crippen molar-refractivity contribution in [1.29, 1.82) is 0 Å². The molecular weight excluding hydrogens is 1160 g/mol. The normalized spacial score (nSPS) is 14.2. The van der Waals surface area contributed by atoms with Crippen LogP contribution in [0, 0.1) is 11.8 Å². The van der Waals surface area contributed by atoms with E-state index in [1.54, 1.807) is 0 Å². The molecular formula is C69H134O17P2. The van der Waals surface area contributed by atoms with Crippen molar-refractivity contribution in [1.82, 2.24) is 0 Å². The molecule has 0 amide bonds. The molecule has 2 unspecified atom stereocenters. The molecule has 88 heavy (non-hydrogen) atoms. The Labute approximate surface area is 537 Å². The van der Waals surface area contributed by atoms with Crippen molar-refractivity contribution in [3.05, 3.63) is 0 Å². The summed E-state index contributed by atoms with van der Waals surface area (Å²) in [5.41, 5.74) is 0. The Morgan fingerprint density at radius 2 is 0.523 bits per heavy atom. The lowest BCUT2D eigenvalue weighted by molar-refractivity contribution is -0.161. The predicted octanol–water partition coefficient (Wildman–Crippen LogP) is 19.6. The van der Waals surface area contributed by atoms with E-state index in [0.29, 0.717) is 25.7 Å². The Bertz CT molecular complexity index is 1720. The number of esters is 4. The molecule has 19 heteroatoms. The fourth-order valence-electron chi connectivity index (χ4n) is 10.4. The third kappa shape index (κ3) is 62.8. The smallest absolute Gasteiger partial charge is 0.462 e. The lowest BCUT2D eigenvalue weighted by Crippen LogP contribution is -2.30. The standard InChI is InChI=1S/C69H134O17P2/c1-7-9-11-13-15-17-18-19-20-21-22-23-28-35-41-47-53-68(73)85-65(58-80-67(72)52-46-40-34-27-25-24-26-31-37-43-49-61(3)4)60-84-88(77,78)82-56-63(70)55-81-87(75,76)83-59-64(57-79-66(71)51-45-39-33-16-14-12-10-8-2)86-69(74)54-48-42-36-30-29-32-38-44-50-62(5)6/h61-65,70H,7-60H2,1-6H3,(H,75,76)(H,77,78)/t63-,64+,65+/m0/s1. The van der Waals surface area contributed by atoms with Crippen LogP contribution in [0.4, 0.5) is 0 Å². The van der Waals surface area contributed by atoms with Gasteiger partial charge in [-0.3, -0.25) is 37.3 Å². The third-order valence-corrected chi connectivity index (χ3v) is 17.9. The lowest BCUT2D eigenvalue weighted by Gasteiger charge is -2.21. The number of hydrogen-bond acceptors (Lipinski definition) is 15. The van der Waals surface area contributed by atoms with Crippen molar-refractivity contribution in [2.45, 2.75) is 368 Å². The molecule has 5 atom stereocenters.